The van der Waals surface area contributed by atoms with Gasteiger partial charge in [0, 0.05) is 0 Å². The van der Waals surface area contributed by atoms with Crippen molar-refractivity contribution in [1.82, 2.24) is 0 Å². The molecule has 2 saturated carbocycles. The summed E-state index contributed by atoms with van der Waals surface area (Å²) in [4.78, 5) is 0. The van der Waals surface area contributed by atoms with Crippen molar-refractivity contribution in [1.29, 1.82) is 0 Å². The van der Waals surface area contributed by atoms with Crippen LogP contribution >= 0.6 is 0 Å². The third kappa shape index (κ3) is 2.03. The fourth-order valence-electron chi connectivity index (χ4n) is 3.76. The van der Waals surface area contributed by atoms with Crippen LogP contribution < -0.4 is 0 Å². The van der Waals surface area contributed by atoms with Crippen molar-refractivity contribution in [2.75, 3.05) is 0 Å². The van der Waals surface area contributed by atoms with E-state index < -0.39 is 0 Å². The standard InChI is InChI=1S/C12H20B2O4/c1-2-6-10-9(5-1)15-13-14(16-10)18-12-8-4-3-7-11(12)17-13/h9-12H,1-8H2/t9-,10-,11-,12-/m1/s1. The van der Waals surface area contributed by atoms with Gasteiger partial charge in [0.2, 0.25) is 0 Å². The summed E-state index contributed by atoms with van der Waals surface area (Å²) in [6.45, 7) is 0. The molecule has 4 fully saturated rings. The van der Waals surface area contributed by atoms with E-state index in [2.05, 4.69) is 0 Å². The van der Waals surface area contributed by atoms with Gasteiger partial charge in [0.05, 0.1) is 24.4 Å². The predicted molar refractivity (Wildman–Crippen MR) is 67.9 cm³/mol. The van der Waals surface area contributed by atoms with Crippen LogP contribution in [0.15, 0.2) is 0 Å². The van der Waals surface area contributed by atoms with Crippen molar-refractivity contribution in [2.24, 2.45) is 0 Å². The van der Waals surface area contributed by atoms with Crippen molar-refractivity contribution in [3.8, 4) is 0 Å². The van der Waals surface area contributed by atoms with Crippen LogP contribution in [0.2, 0.25) is 0 Å². The Kier molecular flexibility index (Phi) is 3.15. The van der Waals surface area contributed by atoms with E-state index in [4.69, 9.17) is 18.6 Å². The lowest BCUT2D eigenvalue weighted by molar-refractivity contribution is -0.0889. The van der Waals surface area contributed by atoms with Crippen molar-refractivity contribution < 1.29 is 18.6 Å². The predicted octanol–water partition coefficient (Wildman–Crippen LogP) is 1.76. The van der Waals surface area contributed by atoms with Crippen LogP contribution in [0.5, 0.6) is 0 Å². The second-order valence-corrected chi connectivity index (χ2v) is 6.00. The highest BCUT2D eigenvalue weighted by Gasteiger charge is 2.55. The summed E-state index contributed by atoms with van der Waals surface area (Å²) in [5, 5.41) is 0. The lowest BCUT2D eigenvalue weighted by Gasteiger charge is -2.47. The smallest absolute Gasteiger partial charge is 0.408 e. The summed E-state index contributed by atoms with van der Waals surface area (Å²) in [5.74, 6) is 0. The highest BCUT2D eigenvalue weighted by atomic mass is 16.7. The minimum Gasteiger partial charge on any atom is -0.408 e. The Morgan fingerprint density at radius 2 is 0.778 bits per heavy atom. The van der Waals surface area contributed by atoms with Gasteiger partial charge in [0.1, 0.15) is 0 Å². The first kappa shape index (κ1) is 11.8. The maximum absolute atomic E-state index is 6.07. The third-order valence-electron chi connectivity index (χ3n) is 4.74. The molecule has 0 aromatic rings. The lowest BCUT2D eigenvalue weighted by atomic mass is 9.45. The zero-order chi connectivity index (χ0) is 11.9. The van der Waals surface area contributed by atoms with E-state index in [9.17, 15) is 0 Å². The zero-order valence-corrected chi connectivity index (χ0v) is 10.8. The third-order valence-corrected chi connectivity index (χ3v) is 4.74. The van der Waals surface area contributed by atoms with E-state index >= 15 is 0 Å². The molecule has 4 nitrogen and oxygen atoms in total. The second-order valence-electron chi connectivity index (χ2n) is 6.00. The summed E-state index contributed by atoms with van der Waals surface area (Å²) in [5.41, 5.74) is 0. The van der Waals surface area contributed by atoms with Gasteiger partial charge in [-0.3, -0.25) is 0 Å². The Morgan fingerprint density at radius 3 is 1.06 bits per heavy atom. The molecule has 0 radical (unpaired) electrons. The molecule has 6 heteroatoms. The van der Waals surface area contributed by atoms with Crippen LogP contribution in [0.1, 0.15) is 51.4 Å². The number of hydrogen-bond donors (Lipinski definition) is 0. The number of fused-ring (bicyclic) bond motifs is 3. The van der Waals surface area contributed by atoms with Crippen LogP contribution in [0.3, 0.4) is 0 Å². The first-order chi connectivity index (χ1) is 8.90. The Labute approximate surface area is 109 Å². The highest BCUT2D eigenvalue weighted by molar-refractivity contribution is 7.11. The average molecular weight is 250 g/mol. The van der Waals surface area contributed by atoms with Gasteiger partial charge >= 0.3 is 14.0 Å². The van der Waals surface area contributed by atoms with Gasteiger partial charge in [-0.05, 0) is 25.7 Å². The maximum atomic E-state index is 6.07. The molecular weight excluding hydrogens is 230 g/mol. The van der Waals surface area contributed by atoms with Crippen molar-refractivity contribution in [2.45, 2.75) is 75.8 Å². The maximum Gasteiger partial charge on any atom is 0.488 e. The molecule has 2 heterocycles. The van der Waals surface area contributed by atoms with Crippen LogP contribution in [0, 0.1) is 0 Å². The van der Waals surface area contributed by atoms with E-state index in [0.29, 0.717) is 0 Å². The Balaban J connectivity index is 1.46. The normalized spacial score (nSPS) is 44.0. The first-order valence-electron chi connectivity index (χ1n) is 7.52. The molecule has 0 aromatic carbocycles. The topological polar surface area (TPSA) is 36.9 Å². The van der Waals surface area contributed by atoms with Gasteiger partial charge in [0.15, 0.2) is 0 Å². The summed E-state index contributed by atoms with van der Waals surface area (Å²) < 4.78 is 24.3. The molecule has 98 valence electrons. The summed E-state index contributed by atoms with van der Waals surface area (Å²) in [6.07, 6.45) is 10.3. The van der Waals surface area contributed by atoms with Crippen LogP contribution in [0.25, 0.3) is 0 Å². The molecule has 0 aromatic heterocycles. The molecule has 0 unspecified atom stereocenters. The van der Waals surface area contributed by atoms with E-state index in [1.807, 2.05) is 0 Å². The largest absolute Gasteiger partial charge is 0.488 e. The fraction of sp³-hybridized carbons (Fsp3) is 1.00. The summed E-state index contributed by atoms with van der Waals surface area (Å²) >= 11 is 0. The fourth-order valence-corrected chi connectivity index (χ4v) is 3.76. The Hall–Kier alpha value is -0.0301. The van der Waals surface area contributed by atoms with Gasteiger partial charge in [-0.1, -0.05) is 25.7 Å². The molecule has 2 aliphatic carbocycles. The van der Waals surface area contributed by atoms with E-state index in [1.54, 1.807) is 0 Å². The second kappa shape index (κ2) is 4.82. The lowest BCUT2D eigenvalue weighted by Crippen LogP contribution is -2.65. The van der Waals surface area contributed by atoms with Crippen molar-refractivity contribution in [3.05, 3.63) is 0 Å². The Bertz CT molecular complexity index is 258. The quantitative estimate of drug-likeness (QED) is 0.613. The van der Waals surface area contributed by atoms with Crippen LogP contribution in [0.4, 0.5) is 0 Å². The van der Waals surface area contributed by atoms with Gasteiger partial charge in [0.25, 0.3) is 0 Å². The molecule has 0 N–H and O–H groups in total. The SMILES string of the molecule is C1CC[C@H]2OB3O[C@@H]4CCCC[C@H]4OB3O[C@@H]2C1. The van der Waals surface area contributed by atoms with Gasteiger partial charge in [-0.15, -0.1) is 0 Å². The van der Waals surface area contributed by atoms with E-state index in [-0.39, 0.29) is 38.4 Å². The molecule has 0 amide bonds. The zero-order valence-electron chi connectivity index (χ0n) is 10.8. The average Bonchev–Trinajstić information content (AvgIpc) is 2.42. The Morgan fingerprint density at radius 1 is 0.500 bits per heavy atom. The molecule has 0 spiro atoms. The molecular formula is C12H20B2O4. The van der Waals surface area contributed by atoms with Gasteiger partial charge in [-0.25, -0.2) is 0 Å². The van der Waals surface area contributed by atoms with Crippen molar-refractivity contribution in [3.63, 3.8) is 0 Å². The molecule has 2 saturated heterocycles. The van der Waals surface area contributed by atoms with Gasteiger partial charge in [-0.2, -0.15) is 0 Å². The van der Waals surface area contributed by atoms with E-state index in [0.717, 1.165) is 25.7 Å². The van der Waals surface area contributed by atoms with Gasteiger partial charge < -0.3 is 18.6 Å². The summed E-state index contributed by atoms with van der Waals surface area (Å²) in [6, 6.07) is 0. The molecule has 4 atom stereocenters. The number of hydrogen-bond acceptors (Lipinski definition) is 4. The molecule has 4 aliphatic rings. The van der Waals surface area contributed by atoms with Crippen LogP contribution in [-0.4, -0.2) is 38.4 Å². The first-order valence-corrected chi connectivity index (χ1v) is 7.52. The van der Waals surface area contributed by atoms with E-state index in [1.165, 1.54) is 25.7 Å². The van der Waals surface area contributed by atoms with Crippen molar-refractivity contribution >= 4 is 14.0 Å². The molecule has 2 aliphatic heterocycles. The monoisotopic (exact) mass is 250 g/mol. The minimum absolute atomic E-state index is 0.226. The summed E-state index contributed by atoms with van der Waals surface area (Å²) in [7, 11) is -0.576. The van der Waals surface area contributed by atoms with Crippen LogP contribution in [-0.2, 0) is 18.6 Å². The minimum atomic E-state index is -0.288. The molecule has 18 heavy (non-hydrogen) atoms. The molecule has 0 bridgehead atoms. The molecule has 4 rings (SSSR count). The number of rotatable bonds is 0. The highest BCUT2D eigenvalue weighted by Crippen LogP contribution is 2.35.